The number of carbonyl (C=O) groups excluding carboxylic acids is 1. The predicted octanol–water partition coefficient (Wildman–Crippen LogP) is 1.77. The molecule has 1 aromatic carbocycles. The molecule has 21 heavy (non-hydrogen) atoms. The standard InChI is InChI=1S/C15H22N4O.HI/c1-3-9-17-15(16-2)18-11-14(20)19-10-8-12-6-4-5-7-13(12)19;/h4-7H,3,8-11H2,1-2H3,(H2,16,17,18);1H. The summed E-state index contributed by atoms with van der Waals surface area (Å²) in [4.78, 5) is 18.2. The molecule has 0 radical (unpaired) electrons. The SMILES string of the molecule is CCCNC(=NC)NCC(=O)N1CCc2ccccc21.I. The van der Waals surface area contributed by atoms with E-state index in [0.717, 1.165) is 31.6 Å². The summed E-state index contributed by atoms with van der Waals surface area (Å²) >= 11 is 0. The van der Waals surface area contributed by atoms with Crippen LogP contribution in [0.2, 0.25) is 0 Å². The Morgan fingerprint density at radius 1 is 1.33 bits per heavy atom. The zero-order chi connectivity index (χ0) is 14.4. The summed E-state index contributed by atoms with van der Waals surface area (Å²) in [5.41, 5.74) is 2.28. The van der Waals surface area contributed by atoms with Crippen LogP contribution < -0.4 is 15.5 Å². The number of fused-ring (bicyclic) bond motifs is 1. The minimum atomic E-state index is 0. The van der Waals surface area contributed by atoms with E-state index in [9.17, 15) is 4.79 Å². The first-order valence-corrected chi connectivity index (χ1v) is 7.09. The van der Waals surface area contributed by atoms with E-state index >= 15 is 0 Å². The second kappa shape index (κ2) is 8.86. The van der Waals surface area contributed by atoms with Crippen molar-refractivity contribution in [3.05, 3.63) is 29.8 Å². The highest BCUT2D eigenvalue weighted by atomic mass is 127. The molecule has 2 N–H and O–H groups in total. The highest BCUT2D eigenvalue weighted by Gasteiger charge is 2.23. The lowest BCUT2D eigenvalue weighted by molar-refractivity contribution is -0.117. The molecule has 0 aliphatic carbocycles. The number of hydrogen-bond donors (Lipinski definition) is 2. The van der Waals surface area contributed by atoms with Crippen LogP contribution in [0.4, 0.5) is 5.69 Å². The fraction of sp³-hybridized carbons (Fsp3) is 0.467. The Labute approximate surface area is 143 Å². The van der Waals surface area contributed by atoms with Crippen LogP contribution in [0.1, 0.15) is 18.9 Å². The van der Waals surface area contributed by atoms with E-state index < -0.39 is 0 Å². The van der Waals surface area contributed by atoms with Crippen LogP contribution in [-0.2, 0) is 11.2 Å². The van der Waals surface area contributed by atoms with Crippen LogP contribution in [0, 0.1) is 0 Å². The van der Waals surface area contributed by atoms with Gasteiger partial charge in [0.2, 0.25) is 5.91 Å². The summed E-state index contributed by atoms with van der Waals surface area (Å²) in [7, 11) is 1.71. The summed E-state index contributed by atoms with van der Waals surface area (Å²) in [6.45, 7) is 3.96. The molecule has 116 valence electrons. The number of carbonyl (C=O) groups is 1. The van der Waals surface area contributed by atoms with Crippen molar-refractivity contribution < 1.29 is 4.79 Å². The van der Waals surface area contributed by atoms with E-state index in [0.29, 0.717) is 5.96 Å². The first-order chi connectivity index (χ1) is 9.76. The van der Waals surface area contributed by atoms with Gasteiger partial charge < -0.3 is 15.5 Å². The molecule has 1 aliphatic rings. The predicted molar refractivity (Wildman–Crippen MR) is 97.6 cm³/mol. The van der Waals surface area contributed by atoms with Gasteiger partial charge in [-0.3, -0.25) is 9.79 Å². The number of nitrogens with zero attached hydrogens (tertiary/aromatic N) is 2. The molecule has 0 aromatic heterocycles. The molecule has 1 aliphatic heterocycles. The lowest BCUT2D eigenvalue weighted by atomic mass is 10.2. The number of halogens is 1. The molecule has 0 atom stereocenters. The zero-order valence-electron chi connectivity index (χ0n) is 12.6. The van der Waals surface area contributed by atoms with Crippen molar-refractivity contribution >= 4 is 41.5 Å². The summed E-state index contributed by atoms with van der Waals surface area (Å²) in [5, 5.41) is 6.21. The fourth-order valence-electron chi connectivity index (χ4n) is 2.32. The van der Waals surface area contributed by atoms with Crippen molar-refractivity contribution in [2.24, 2.45) is 4.99 Å². The van der Waals surface area contributed by atoms with Crippen LogP contribution in [0.25, 0.3) is 0 Å². The van der Waals surface area contributed by atoms with Crippen LogP contribution in [0.3, 0.4) is 0 Å². The summed E-state index contributed by atoms with van der Waals surface area (Å²) in [5.74, 6) is 0.752. The second-order valence-electron chi connectivity index (χ2n) is 4.78. The molecule has 0 spiro atoms. The Hall–Kier alpha value is -1.31. The molecule has 1 amide bonds. The van der Waals surface area contributed by atoms with Crippen LogP contribution in [0.5, 0.6) is 0 Å². The number of hydrogen-bond acceptors (Lipinski definition) is 2. The fourth-order valence-corrected chi connectivity index (χ4v) is 2.32. The van der Waals surface area contributed by atoms with E-state index in [1.165, 1.54) is 5.56 Å². The van der Waals surface area contributed by atoms with Gasteiger partial charge in [0, 0.05) is 25.8 Å². The van der Waals surface area contributed by atoms with Gasteiger partial charge in [-0.25, -0.2) is 0 Å². The molecule has 0 fully saturated rings. The molecular formula is C15H23IN4O. The lowest BCUT2D eigenvalue weighted by Crippen LogP contribution is -2.44. The maximum absolute atomic E-state index is 12.3. The number of amides is 1. The summed E-state index contributed by atoms with van der Waals surface area (Å²) < 4.78 is 0. The minimum Gasteiger partial charge on any atom is -0.356 e. The largest absolute Gasteiger partial charge is 0.356 e. The van der Waals surface area contributed by atoms with Crippen molar-refractivity contribution in [3.63, 3.8) is 0 Å². The van der Waals surface area contributed by atoms with E-state index in [2.05, 4.69) is 28.6 Å². The molecular weight excluding hydrogens is 379 g/mol. The molecule has 5 nitrogen and oxygen atoms in total. The number of nitrogens with one attached hydrogen (secondary N) is 2. The van der Waals surface area contributed by atoms with Gasteiger partial charge in [-0.05, 0) is 24.5 Å². The Morgan fingerprint density at radius 3 is 2.81 bits per heavy atom. The average molecular weight is 402 g/mol. The monoisotopic (exact) mass is 402 g/mol. The number of aliphatic imine (C=N–C) groups is 1. The van der Waals surface area contributed by atoms with Crippen LogP contribution in [0.15, 0.2) is 29.3 Å². The van der Waals surface area contributed by atoms with Gasteiger partial charge in [-0.1, -0.05) is 25.1 Å². The molecule has 2 rings (SSSR count). The van der Waals surface area contributed by atoms with Gasteiger partial charge in [0.15, 0.2) is 5.96 Å². The van der Waals surface area contributed by atoms with Crippen LogP contribution >= 0.6 is 24.0 Å². The minimum absolute atomic E-state index is 0. The third-order valence-corrected chi connectivity index (χ3v) is 3.36. The average Bonchev–Trinajstić information content (AvgIpc) is 2.91. The van der Waals surface area contributed by atoms with Gasteiger partial charge in [0.1, 0.15) is 0 Å². The van der Waals surface area contributed by atoms with Crippen molar-refractivity contribution in [2.75, 3.05) is 31.6 Å². The Kier molecular flexibility index (Phi) is 7.49. The normalized spacial score (nSPS) is 13.4. The highest BCUT2D eigenvalue weighted by Crippen LogP contribution is 2.27. The van der Waals surface area contributed by atoms with Gasteiger partial charge in [0.05, 0.1) is 6.54 Å². The number of anilines is 1. The molecule has 0 unspecified atom stereocenters. The third-order valence-electron chi connectivity index (χ3n) is 3.36. The van der Waals surface area contributed by atoms with E-state index in [-0.39, 0.29) is 36.4 Å². The maximum Gasteiger partial charge on any atom is 0.246 e. The maximum atomic E-state index is 12.3. The van der Waals surface area contributed by atoms with Crippen molar-refractivity contribution in [2.45, 2.75) is 19.8 Å². The molecule has 1 heterocycles. The van der Waals surface area contributed by atoms with E-state index in [4.69, 9.17) is 0 Å². The van der Waals surface area contributed by atoms with Crippen molar-refractivity contribution in [1.82, 2.24) is 10.6 Å². The van der Waals surface area contributed by atoms with Crippen LogP contribution in [-0.4, -0.2) is 38.5 Å². The number of rotatable bonds is 4. The second-order valence-corrected chi connectivity index (χ2v) is 4.78. The number of para-hydroxylation sites is 1. The van der Waals surface area contributed by atoms with Gasteiger partial charge in [-0.15, -0.1) is 24.0 Å². The van der Waals surface area contributed by atoms with Crippen molar-refractivity contribution in [1.29, 1.82) is 0 Å². The van der Waals surface area contributed by atoms with E-state index in [1.807, 2.05) is 23.1 Å². The van der Waals surface area contributed by atoms with Crippen molar-refractivity contribution in [3.8, 4) is 0 Å². The molecule has 1 aromatic rings. The molecule has 6 heteroatoms. The Morgan fingerprint density at radius 2 is 2.10 bits per heavy atom. The molecule has 0 saturated heterocycles. The summed E-state index contributed by atoms with van der Waals surface area (Å²) in [6, 6.07) is 8.07. The quantitative estimate of drug-likeness (QED) is 0.459. The first kappa shape index (κ1) is 17.7. The lowest BCUT2D eigenvalue weighted by Gasteiger charge is -2.18. The van der Waals surface area contributed by atoms with E-state index in [1.54, 1.807) is 7.05 Å². The number of guanidine groups is 1. The van der Waals surface area contributed by atoms with Gasteiger partial charge in [-0.2, -0.15) is 0 Å². The zero-order valence-corrected chi connectivity index (χ0v) is 14.9. The summed E-state index contributed by atoms with van der Waals surface area (Å²) in [6.07, 6.45) is 1.96. The first-order valence-electron chi connectivity index (χ1n) is 7.09. The Bertz CT molecular complexity index is 504. The van der Waals surface area contributed by atoms with Gasteiger partial charge >= 0.3 is 0 Å². The smallest absolute Gasteiger partial charge is 0.246 e. The molecule has 0 bridgehead atoms. The van der Waals surface area contributed by atoms with Gasteiger partial charge in [0.25, 0.3) is 0 Å². The number of benzene rings is 1. The Balaban J connectivity index is 0.00000220. The topological polar surface area (TPSA) is 56.7 Å². The highest BCUT2D eigenvalue weighted by molar-refractivity contribution is 14.0. The third kappa shape index (κ3) is 4.59. The molecule has 0 saturated carbocycles.